The van der Waals surface area contributed by atoms with Crippen molar-refractivity contribution < 1.29 is 4.79 Å². The molecule has 6 heteroatoms. The molecule has 1 heterocycles. The number of anilines is 3. The molecule has 1 aromatic heterocycles. The fourth-order valence-electron chi connectivity index (χ4n) is 1.83. The summed E-state index contributed by atoms with van der Waals surface area (Å²) in [4.78, 5) is 13.2. The highest BCUT2D eigenvalue weighted by atomic mass is 32.1. The summed E-state index contributed by atoms with van der Waals surface area (Å²) in [5.74, 6) is -0.332. The number of carbonyl (C=O) groups is 1. The van der Waals surface area contributed by atoms with Gasteiger partial charge in [0.2, 0.25) is 0 Å². The molecule has 2 aromatic rings. The zero-order chi connectivity index (χ0) is 14.9. The third-order valence-electron chi connectivity index (χ3n) is 2.96. The van der Waals surface area contributed by atoms with E-state index in [1.54, 1.807) is 18.2 Å². The van der Waals surface area contributed by atoms with Crippen molar-refractivity contribution in [3.05, 3.63) is 39.8 Å². The number of benzene rings is 1. The molecule has 0 unspecified atom stereocenters. The molecular weight excluding hydrogens is 272 g/mol. The highest BCUT2D eigenvalue weighted by molar-refractivity contribution is 7.16. The Morgan fingerprint density at radius 2 is 1.85 bits per heavy atom. The monoisotopic (exact) mass is 286 g/mol. The van der Waals surface area contributed by atoms with E-state index in [9.17, 15) is 4.79 Å². The number of nitrogen functional groups attached to an aromatic ring is 2. The minimum atomic E-state index is -0.332. The molecule has 1 aromatic carbocycles. The minimum Gasteiger partial charge on any atom is -0.399 e. The lowest BCUT2D eigenvalue weighted by atomic mass is 10.1. The van der Waals surface area contributed by atoms with E-state index in [2.05, 4.69) is 11.4 Å². The third-order valence-corrected chi connectivity index (χ3v) is 4.09. The number of nitriles is 1. The molecule has 0 aliphatic rings. The van der Waals surface area contributed by atoms with E-state index in [0.29, 0.717) is 27.5 Å². The van der Waals surface area contributed by atoms with Crippen molar-refractivity contribution in [1.29, 1.82) is 5.26 Å². The maximum atomic E-state index is 12.2. The maximum absolute atomic E-state index is 12.2. The SMILES string of the molecule is Cc1sc(NC(=O)c2cc(N)cc(N)c2)c(C#N)c1C. The molecule has 102 valence electrons. The molecular formula is C14H14N4OS. The molecule has 5 nitrogen and oxygen atoms in total. The van der Waals surface area contributed by atoms with E-state index >= 15 is 0 Å². The number of thiophene rings is 1. The molecule has 0 aliphatic carbocycles. The molecule has 0 fully saturated rings. The first kappa shape index (κ1) is 13.9. The van der Waals surface area contributed by atoms with Crippen molar-refractivity contribution in [2.24, 2.45) is 0 Å². The topological polar surface area (TPSA) is 105 Å². The Balaban J connectivity index is 2.33. The number of hydrogen-bond acceptors (Lipinski definition) is 5. The van der Waals surface area contributed by atoms with Crippen LogP contribution in [0, 0.1) is 25.2 Å². The van der Waals surface area contributed by atoms with Gasteiger partial charge in [-0.1, -0.05) is 0 Å². The van der Waals surface area contributed by atoms with Crippen molar-refractivity contribution >= 4 is 33.6 Å². The molecule has 1 amide bonds. The lowest BCUT2D eigenvalue weighted by Gasteiger charge is -2.05. The Bertz CT molecular complexity index is 707. The third kappa shape index (κ3) is 2.58. The van der Waals surface area contributed by atoms with Gasteiger partial charge in [-0.3, -0.25) is 4.79 Å². The highest BCUT2D eigenvalue weighted by Crippen LogP contribution is 2.32. The van der Waals surface area contributed by atoms with Gasteiger partial charge in [0.05, 0.1) is 5.56 Å². The Morgan fingerprint density at radius 3 is 2.40 bits per heavy atom. The molecule has 5 N–H and O–H groups in total. The normalized spacial score (nSPS) is 10.1. The smallest absolute Gasteiger partial charge is 0.256 e. The fourth-order valence-corrected chi connectivity index (χ4v) is 2.84. The van der Waals surface area contributed by atoms with Gasteiger partial charge in [0.25, 0.3) is 5.91 Å². The van der Waals surface area contributed by atoms with E-state index in [4.69, 9.17) is 16.7 Å². The summed E-state index contributed by atoms with van der Waals surface area (Å²) in [6.07, 6.45) is 0. The lowest BCUT2D eigenvalue weighted by molar-refractivity contribution is 0.102. The molecule has 0 radical (unpaired) electrons. The number of nitrogens with two attached hydrogens (primary N) is 2. The number of nitrogens with one attached hydrogen (secondary N) is 1. The number of carbonyl (C=O) groups excluding carboxylic acids is 1. The first-order chi connectivity index (χ1) is 9.42. The molecule has 0 atom stereocenters. The lowest BCUT2D eigenvalue weighted by Crippen LogP contribution is -2.12. The first-order valence-electron chi connectivity index (χ1n) is 5.90. The van der Waals surface area contributed by atoms with Gasteiger partial charge in [-0.05, 0) is 37.6 Å². The van der Waals surface area contributed by atoms with Crippen LogP contribution in [0.4, 0.5) is 16.4 Å². The Labute approximate surface area is 120 Å². The van der Waals surface area contributed by atoms with Crippen LogP contribution in [0.25, 0.3) is 0 Å². The van der Waals surface area contributed by atoms with Crippen molar-refractivity contribution in [2.45, 2.75) is 13.8 Å². The predicted molar refractivity (Wildman–Crippen MR) is 81.7 cm³/mol. The van der Waals surface area contributed by atoms with Gasteiger partial charge >= 0.3 is 0 Å². The summed E-state index contributed by atoms with van der Waals surface area (Å²) in [5, 5.41) is 12.4. The minimum absolute atomic E-state index is 0.332. The van der Waals surface area contributed by atoms with Crippen LogP contribution in [0.3, 0.4) is 0 Å². The summed E-state index contributed by atoms with van der Waals surface area (Å²) in [5.41, 5.74) is 13.9. The van der Waals surface area contributed by atoms with Gasteiger partial charge in [-0.2, -0.15) is 5.26 Å². The van der Waals surface area contributed by atoms with Gasteiger partial charge in [0.15, 0.2) is 0 Å². The van der Waals surface area contributed by atoms with E-state index in [-0.39, 0.29) is 5.91 Å². The van der Waals surface area contributed by atoms with Crippen LogP contribution >= 0.6 is 11.3 Å². The Hall–Kier alpha value is -2.52. The van der Waals surface area contributed by atoms with Crippen LogP contribution < -0.4 is 16.8 Å². The van der Waals surface area contributed by atoms with Crippen molar-refractivity contribution in [1.82, 2.24) is 0 Å². The average molecular weight is 286 g/mol. The van der Waals surface area contributed by atoms with E-state index < -0.39 is 0 Å². The molecule has 0 spiro atoms. The number of aryl methyl sites for hydroxylation is 1. The van der Waals surface area contributed by atoms with E-state index in [0.717, 1.165) is 10.4 Å². The first-order valence-corrected chi connectivity index (χ1v) is 6.71. The van der Waals surface area contributed by atoms with Gasteiger partial charge in [0.1, 0.15) is 11.1 Å². The van der Waals surface area contributed by atoms with Crippen LogP contribution in [0.2, 0.25) is 0 Å². The molecule has 2 rings (SSSR count). The molecule has 0 aliphatic heterocycles. The van der Waals surface area contributed by atoms with Crippen LogP contribution in [0.15, 0.2) is 18.2 Å². The predicted octanol–water partition coefficient (Wildman–Crippen LogP) is 2.65. The summed E-state index contributed by atoms with van der Waals surface area (Å²) in [7, 11) is 0. The molecule has 0 saturated carbocycles. The van der Waals surface area contributed by atoms with Crippen LogP contribution in [0.5, 0.6) is 0 Å². The van der Waals surface area contributed by atoms with E-state index in [1.807, 2.05) is 13.8 Å². The average Bonchev–Trinajstić information content (AvgIpc) is 2.63. The molecule has 20 heavy (non-hydrogen) atoms. The summed E-state index contributed by atoms with van der Waals surface area (Å²) in [6, 6.07) is 6.78. The van der Waals surface area contributed by atoms with Crippen molar-refractivity contribution in [2.75, 3.05) is 16.8 Å². The molecule has 0 saturated heterocycles. The second-order valence-corrected chi connectivity index (χ2v) is 5.67. The zero-order valence-electron chi connectivity index (χ0n) is 11.2. The van der Waals surface area contributed by atoms with Gasteiger partial charge < -0.3 is 16.8 Å². The number of hydrogen-bond donors (Lipinski definition) is 3. The Kier molecular flexibility index (Phi) is 3.63. The van der Waals surface area contributed by atoms with Crippen LogP contribution in [-0.4, -0.2) is 5.91 Å². The largest absolute Gasteiger partial charge is 0.399 e. The summed E-state index contributed by atoms with van der Waals surface area (Å²) < 4.78 is 0. The second kappa shape index (κ2) is 5.23. The highest BCUT2D eigenvalue weighted by Gasteiger charge is 2.15. The summed E-state index contributed by atoms with van der Waals surface area (Å²) >= 11 is 1.38. The van der Waals surface area contributed by atoms with Gasteiger partial charge in [-0.25, -0.2) is 0 Å². The maximum Gasteiger partial charge on any atom is 0.256 e. The quantitative estimate of drug-likeness (QED) is 0.738. The van der Waals surface area contributed by atoms with Gasteiger partial charge in [-0.15, -0.1) is 11.3 Å². The Morgan fingerprint density at radius 1 is 1.25 bits per heavy atom. The number of nitrogens with zero attached hydrogens (tertiary/aromatic N) is 1. The van der Waals surface area contributed by atoms with Crippen LogP contribution in [0.1, 0.15) is 26.4 Å². The van der Waals surface area contributed by atoms with Crippen LogP contribution in [-0.2, 0) is 0 Å². The fraction of sp³-hybridized carbons (Fsp3) is 0.143. The number of rotatable bonds is 2. The van der Waals surface area contributed by atoms with Crippen molar-refractivity contribution in [3.63, 3.8) is 0 Å². The van der Waals surface area contributed by atoms with Crippen molar-refractivity contribution in [3.8, 4) is 6.07 Å². The number of amides is 1. The van der Waals surface area contributed by atoms with Gasteiger partial charge in [0, 0.05) is 21.8 Å². The standard InChI is InChI=1S/C14H14N4OS/c1-7-8(2)20-14(12(7)6-15)18-13(19)9-3-10(16)5-11(17)4-9/h3-5H,16-17H2,1-2H3,(H,18,19). The second-order valence-electron chi connectivity index (χ2n) is 4.44. The summed E-state index contributed by atoms with van der Waals surface area (Å²) in [6.45, 7) is 3.77. The zero-order valence-corrected chi connectivity index (χ0v) is 12.0. The molecule has 0 bridgehead atoms. The van der Waals surface area contributed by atoms with E-state index in [1.165, 1.54) is 11.3 Å².